The Morgan fingerprint density at radius 1 is 0.808 bits per heavy atom. The molecule has 0 aliphatic carbocycles. The van der Waals surface area contributed by atoms with E-state index in [1.807, 2.05) is 0 Å². The highest BCUT2D eigenvalue weighted by Crippen LogP contribution is 2.10. The number of ketones is 1. The van der Waals surface area contributed by atoms with Crippen LogP contribution in [0.15, 0.2) is 54.6 Å². The van der Waals surface area contributed by atoms with Crippen LogP contribution in [-0.4, -0.2) is 48.3 Å². The fourth-order valence-electron chi connectivity index (χ4n) is 3.08. The summed E-state index contributed by atoms with van der Waals surface area (Å²) in [5.41, 5.74) is 2.48. The fraction of sp³-hybridized carbons (Fsp3) is 0.350. The predicted octanol–water partition coefficient (Wildman–Crippen LogP) is 4.06. The number of piperazine rings is 1. The Morgan fingerprint density at radius 2 is 1.38 bits per heavy atom. The van der Waals surface area contributed by atoms with Gasteiger partial charge in [0.15, 0.2) is 5.78 Å². The van der Waals surface area contributed by atoms with E-state index in [-0.39, 0.29) is 24.8 Å². The van der Waals surface area contributed by atoms with Gasteiger partial charge in [0.1, 0.15) is 0 Å². The SMILES string of the molecule is Cl.Cl.O=C(Cc1ccc(I)cc1)CN1CCN(Cc2ccccc2)CC1. The Bertz CT molecular complexity index is 659. The molecular weight excluding hydrogens is 482 g/mol. The van der Waals surface area contributed by atoms with Crippen LogP contribution in [0.4, 0.5) is 0 Å². The van der Waals surface area contributed by atoms with Crippen molar-refractivity contribution in [2.24, 2.45) is 0 Å². The molecule has 26 heavy (non-hydrogen) atoms. The third-order valence-electron chi connectivity index (χ3n) is 4.43. The second-order valence-electron chi connectivity index (χ2n) is 6.38. The minimum atomic E-state index is 0. The minimum Gasteiger partial charge on any atom is -0.298 e. The van der Waals surface area contributed by atoms with Crippen molar-refractivity contribution in [3.05, 3.63) is 69.3 Å². The summed E-state index contributed by atoms with van der Waals surface area (Å²) in [5, 5.41) is 0. The zero-order valence-electron chi connectivity index (χ0n) is 14.6. The molecular formula is C20H25Cl2IN2O. The Morgan fingerprint density at radius 3 is 2.00 bits per heavy atom. The van der Waals surface area contributed by atoms with E-state index < -0.39 is 0 Å². The summed E-state index contributed by atoms with van der Waals surface area (Å²) in [6, 6.07) is 18.8. The molecule has 1 aliphatic rings. The highest BCUT2D eigenvalue weighted by Gasteiger charge is 2.19. The molecule has 1 heterocycles. The lowest BCUT2D eigenvalue weighted by Crippen LogP contribution is -2.47. The van der Waals surface area contributed by atoms with Gasteiger partial charge >= 0.3 is 0 Å². The van der Waals surface area contributed by atoms with Crippen LogP contribution >= 0.6 is 47.4 Å². The summed E-state index contributed by atoms with van der Waals surface area (Å²) in [6.45, 7) is 5.60. The molecule has 2 aromatic rings. The van der Waals surface area contributed by atoms with Crippen molar-refractivity contribution in [1.82, 2.24) is 9.80 Å². The average molecular weight is 507 g/mol. The molecule has 0 aromatic heterocycles. The monoisotopic (exact) mass is 506 g/mol. The first-order valence-electron chi connectivity index (χ1n) is 8.44. The van der Waals surface area contributed by atoms with E-state index in [9.17, 15) is 4.79 Å². The van der Waals surface area contributed by atoms with Crippen molar-refractivity contribution in [3.8, 4) is 0 Å². The number of hydrogen-bond acceptors (Lipinski definition) is 3. The van der Waals surface area contributed by atoms with Crippen LogP contribution in [0.2, 0.25) is 0 Å². The predicted molar refractivity (Wildman–Crippen MR) is 121 cm³/mol. The van der Waals surface area contributed by atoms with E-state index in [0.717, 1.165) is 38.3 Å². The van der Waals surface area contributed by atoms with Crippen LogP contribution in [0, 0.1) is 3.57 Å². The molecule has 3 rings (SSSR count). The van der Waals surface area contributed by atoms with E-state index in [0.29, 0.717) is 18.7 Å². The molecule has 0 N–H and O–H groups in total. The van der Waals surface area contributed by atoms with Crippen molar-refractivity contribution >= 4 is 53.2 Å². The second kappa shape index (κ2) is 11.9. The molecule has 0 unspecified atom stereocenters. The van der Waals surface area contributed by atoms with Crippen LogP contribution in [0.1, 0.15) is 11.1 Å². The molecule has 0 bridgehead atoms. The largest absolute Gasteiger partial charge is 0.298 e. The third-order valence-corrected chi connectivity index (χ3v) is 5.15. The van der Waals surface area contributed by atoms with Gasteiger partial charge in [-0.1, -0.05) is 42.5 Å². The van der Waals surface area contributed by atoms with Crippen LogP contribution in [-0.2, 0) is 17.8 Å². The van der Waals surface area contributed by atoms with Crippen molar-refractivity contribution < 1.29 is 4.79 Å². The molecule has 1 fully saturated rings. The average Bonchev–Trinajstić information content (AvgIpc) is 2.60. The Balaban J connectivity index is 0.00000169. The molecule has 0 spiro atoms. The normalized spacial score (nSPS) is 15.0. The summed E-state index contributed by atoms with van der Waals surface area (Å²) < 4.78 is 1.21. The van der Waals surface area contributed by atoms with Crippen molar-refractivity contribution in [3.63, 3.8) is 0 Å². The lowest BCUT2D eigenvalue weighted by atomic mass is 10.1. The van der Waals surface area contributed by atoms with Crippen molar-refractivity contribution in [1.29, 1.82) is 0 Å². The summed E-state index contributed by atoms with van der Waals surface area (Å²) in [6.07, 6.45) is 0.543. The van der Waals surface area contributed by atoms with Gasteiger partial charge < -0.3 is 0 Å². The molecule has 2 aromatic carbocycles. The number of carbonyl (C=O) groups is 1. The van der Waals surface area contributed by atoms with E-state index in [2.05, 4.69) is 87.0 Å². The topological polar surface area (TPSA) is 23.6 Å². The zero-order valence-corrected chi connectivity index (χ0v) is 18.4. The van der Waals surface area contributed by atoms with Crippen LogP contribution < -0.4 is 0 Å². The number of hydrogen-bond donors (Lipinski definition) is 0. The van der Waals surface area contributed by atoms with Gasteiger partial charge in [0.25, 0.3) is 0 Å². The van der Waals surface area contributed by atoms with Crippen molar-refractivity contribution in [2.75, 3.05) is 32.7 Å². The lowest BCUT2D eigenvalue weighted by Gasteiger charge is -2.34. The first kappa shape index (κ1) is 23.4. The summed E-state index contributed by atoms with van der Waals surface area (Å²) in [4.78, 5) is 17.0. The van der Waals surface area contributed by atoms with E-state index in [4.69, 9.17) is 0 Å². The first-order valence-corrected chi connectivity index (χ1v) is 9.52. The van der Waals surface area contributed by atoms with Crippen LogP contribution in [0.25, 0.3) is 0 Å². The molecule has 1 saturated heterocycles. The van der Waals surface area contributed by atoms with Gasteiger partial charge in [-0.2, -0.15) is 0 Å². The summed E-state index contributed by atoms with van der Waals surface area (Å²) >= 11 is 2.29. The van der Waals surface area contributed by atoms with E-state index in [1.54, 1.807) is 0 Å². The van der Waals surface area contributed by atoms with Gasteiger partial charge in [-0.25, -0.2) is 0 Å². The Hall–Kier alpha value is -0.660. The standard InChI is InChI=1S/C20H23IN2O.2ClH/c21-19-8-6-17(7-9-19)14-20(24)16-23-12-10-22(11-13-23)15-18-4-2-1-3-5-18;;/h1-9H,10-16H2;2*1H. The number of halogens is 3. The molecule has 0 amide bonds. The molecule has 0 atom stereocenters. The number of carbonyl (C=O) groups excluding carboxylic acids is 1. The van der Waals surface area contributed by atoms with Crippen molar-refractivity contribution in [2.45, 2.75) is 13.0 Å². The zero-order chi connectivity index (χ0) is 16.8. The van der Waals surface area contributed by atoms with E-state index >= 15 is 0 Å². The van der Waals surface area contributed by atoms with Gasteiger partial charge in [-0.05, 0) is 45.9 Å². The quantitative estimate of drug-likeness (QED) is 0.552. The van der Waals surface area contributed by atoms with Gasteiger partial charge in [0.05, 0.1) is 6.54 Å². The molecule has 0 saturated carbocycles. The molecule has 6 heteroatoms. The Labute approximate surface area is 182 Å². The maximum Gasteiger partial charge on any atom is 0.151 e. The first-order chi connectivity index (χ1) is 11.7. The fourth-order valence-corrected chi connectivity index (χ4v) is 3.44. The number of rotatable bonds is 6. The second-order valence-corrected chi connectivity index (χ2v) is 7.63. The number of Topliss-reactive ketones (excluding diaryl/α,β-unsaturated/α-hetero) is 1. The molecule has 142 valence electrons. The van der Waals surface area contributed by atoms with Gasteiger partial charge in [-0.3, -0.25) is 14.6 Å². The lowest BCUT2D eigenvalue weighted by molar-refractivity contribution is -0.120. The van der Waals surface area contributed by atoms with Gasteiger partial charge in [0.2, 0.25) is 0 Å². The molecule has 1 aliphatic heterocycles. The summed E-state index contributed by atoms with van der Waals surface area (Å²) in [7, 11) is 0. The maximum absolute atomic E-state index is 12.3. The van der Waals surface area contributed by atoms with E-state index in [1.165, 1.54) is 9.13 Å². The third kappa shape index (κ3) is 7.53. The minimum absolute atomic E-state index is 0. The summed E-state index contributed by atoms with van der Waals surface area (Å²) in [5.74, 6) is 0.313. The molecule has 3 nitrogen and oxygen atoms in total. The van der Waals surface area contributed by atoms with Gasteiger partial charge in [-0.15, -0.1) is 24.8 Å². The highest BCUT2D eigenvalue weighted by atomic mass is 127. The van der Waals surface area contributed by atoms with Crippen LogP contribution in [0.3, 0.4) is 0 Å². The maximum atomic E-state index is 12.3. The Kier molecular flexibility index (Phi) is 10.7. The number of nitrogens with zero attached hydrogens (tertiary/aromatic N) is 2. The number of benzene rings is 2. The van der Waals surface area contributed by atoms with Gasteiger partial charge in [0, 0.05) is 42.7 Å². The molecule has 0 radical (unpaired) electrons. The highest BCUT2D eigenvalue weighted by molar-refractivity contribution is 14.1. The van der Waals surface area contributed by atoms with Crippen LogP contribution in [0.5, 0.6) is 0 Å². The smallest absolute Gasteiger partial charge is 0.151 e.